The number of nitrogens with one attached hydrogen (secondary N) is 1. The summed E-state index contributed by atoms with van der Waals surface area (Å²) in [4.78, 5) is 13.5. The maximum Gasteiger partial charge on any atom is 0.246 e. The number of nitrogens with zero attached hydrogens (tertiary/aromatic N) is 1. The normalized spacial score (nSPS) is 14.7. The van der Waals surface area contributed by atoms with Crippen LogP contribution < -0.4 is 5.32 Å². The molecule has 1 aromatic carbocycles. The van der Waals surface area contributed by atoms with Crippen LogP contribution in [0.5, 0.6) is 0 Å². The lowest BCUT2D eigenvalue weighted by Gasteiger charge is -2.18. The second-order valence-corrected chi connectivity index (χ2v) is 4.59. The zero-order valence-electron chi connectivity index (χ0n) is 11.1. The highest BCUT2D eigenvalue weighted by Crippen LogP contribution is 2.00. The molecule has 1 N–H and O–H groups in total. The first kappa shape index (κ1) is 13.6. The number of carbonyl (C=O) groups excluding carboxylic acids is 1. The highest BCUT2D eigenvalue weighted by Gasteiger charge is 2.09. The molecule has 3 heteroatoms. The Morgan fingerprint density at radius 2 is 2.00 bits per heavy atom. The summed E-state index contributed by atoms with van der Waals surface area (Å²) in [6, 6.07) is 10.3. The third-order valence-electron chi connectivity index (χ3n) is 3.08. The van der Waals surface area contributed by atoms with E-state index in [9.17, 15) is 4.79 Å². The molecule has 1 heterocycles. The number of benzene rings is 1. The number of rotatable bonds is 6. The molecule has 0 saturated carbocycles. The van der Waals surface area contributed by atoms with E-state index in [2.05, 4.69) is 17.4 Å². The van der Waals surface area contributed by atoms with Crippen LogP contribution in [0.15, 0.2) is 54.6 Å². The van der Waals surface area contributed by atoms with Gasteiger partial charge in [-0.05, 0) is 18.5 Å². The molecule has 0 atom stereocenters. The molecule has 0 aromatic heterocycles. The zero-order chi connectivity index (χ0) is 13.3. The molecule has 0 unspecified atom stereocenters. The van der Waals surface area contributed by atoms with Gasteiger partial charge in [-0.1, -0.05) is 48.6 Å². The topological polar surface area (TPSA) is 32.3 Å². The summed E-state index contributed by atoms with van der Waals surface area (Å²) in [5.41, 5.74) is 1.29. The summed E-state index contributed by atoms with van der Waals surface area (Å²) in [6.07, 6.45) is 8.33. The van der Waals surface area contributed by atoms with Gasteiger partial charge in [0.1, 0.15) is 0 Å². The SMILES string of the molecule is O=C1C=CC=CCN1CCCNCc1ccccc1. The van der Waals surface area contributed by atoms with E-state index >= 15 is 0 Å². The molecule has 100 valence electrons. The summed E-state index contributed by atoms with van der Waals surface area (Å²) < 4.78 is 0. The van der Waals surface area contributed by atoms with Gasteiger partial charge in [0.15, 0.2) is 0 Å². The molecule has 0 spiro atoms. The van der Waals surface area contributed by atoms with Crippen molar-refractivity contribution in [3.05, 3.63) is 60.2 Å². The van der Waals surface area contributed by atoms with Crippen LogP contribution in [0.3, 0.4) is 0 Å². The third kappa shape index (κ3) is 4.72. The van der Waals surface area contributed by atoms with Gasteiger partial charge in [0.05, 0.1) is 0 Å². The van der Waals surface area contributed by atoms with Crippen LogP contribution in [-0.4, -0.2) is 30.4 Å². The summed E-state index contributed by atoms with van der Waals surface area (Å²) in [5, 5.41) is 3.40. The Balaban J connectivity index is 1.63. The molecule has 19 heavy (non-hydrogen) atoms. The Bertz CT molecular complexity index is 451. The lowest BCUT2D eigenvalue weighted by molar-refractivity contribution is -0.125. The number of hydrogen-bond donors (Lipinski definition) is 1. The summed E-state index contributed by atoms with van der Waals surface area (Å²) >= 11 is 0. The third-order valence-corrected chi connectivity index (χ3v) is 3.08. The Morgan fingerprint density at radius 1 is 1.16 bits per heavy atom. The van der Waals surface area contributed by atoms with Crippen molar-refractivity contribution in [2.75, 3.05) is 19.6 Å². The van der Waals surface area contributed by atoms with Gasteiger partial charge in [-0.25, -0.2) is 0 Å². The van der Waals surface area contributed by atoms with Gasteiger partial charge in [0.2, 0.25) is 5.91 Å². The molecule has 0 aliphatic carbocycles. The minimum absolute atomic E-state index is 0.105. The molecular weight excluding hydrogens is 236 g/mol. The van der Waals surface area contributed by atoms with E-state index in [4.69, 9.17) is 0 Å². The van der Waals surface area contributed by atoms with E-state index in [1.54, 1.807) is 12.2 Å². The minimum Gasteiger partial charge on any atom is -0.335 e. The smallest absolute Gasteiger partial charge is 0.246 e. The van der Waals surface area contributed by atoms with Crippen LogP contribution >= 0.6 is 0 Å². The second kappa shape index (κ2) is 7.54. The fourth-order valence-corrected chi connectivity index (χ4v) is 2.02. The molecule has 1 aliphatic rings. The van der Waals surface area contributed by atoms with Crippen molar-refractivity contribution in [2.24, 2.45) is 0 Å². The Kier molecular flexibility index (Phi) is 5.38. The van der Waals surface area contributed by atoms with Crippen molar-refractivity contribution in [3.8, 4) is 0 Å². The van der Waals surface area contributed by atoms with Crippen molar-refractivity contribution in [3.63, 3.8) is 0 Å². The van der Waals surface area contributed by atoms with E-state index in [1.165, 1.54) is 5.56 Å². The van der Waals surface area contributed by atoms with Gasteiger partial charge in [-0.3, -0.25) is 4.79 Å². The van der Waals surface area contributed by atoms with E-state index in [1.807, 2.05) is 35.3 Å². The van der Waals surface area contributed by atoms with Crippen molar-refractivity contribution in [2.45, 2.75) is 13.0 Å². The molecule has 0 bridgehead atoms. The largest absolute Gasteiger partial charge is 0.335 e. The van der Waals surface area contributed by atoms with E-state index in [0.29, 0.717) is 6.54 Å². The minimum atomic E-state index is 0.105. The Morgan fingerprint density at radius 3 is 2.84 bits per heavy atom. The fourth-order valence-electron chi connectivity index (χ4n) is 2.02. The van der Waals surface area contributed by atoms with Gasteiger partial charge >= 0.3 is 0 Å². The average Bonchev–Trinajstić information content (AvgIpc) is 2.65. The van der Waals surface area contributed by atoms with Gasteiger partial charge < -0.3 is 10.2 Å². The monoisotopic (exact) mass is 256 g/mol. The predicted molar refractivity (Wildman–Crippen MR) is 77.6 cm³/mol. The standard InChI is InChI=1S/C16H20N2O/c19-16-10-5-2-6-12-18(16)13-7-11-17-14-15-8-3-1-4-9-15/h1-6,8-10,17H,7,11-14H2. The van der Waals surface area contributed by atoms with E-state index < -0.39 is 0 Å². The molecule has 1 aliphatic heterocycles. The maximum atomic E-state index is 11.7. The van der Waals surface area contributed by atoms with E-state index in [-0.39, 0.29) is 5.91 Å². The fraction of sp³-hybridized carbons (Fsp3) is 0.312. The number of amides is 1. The first-order valence-electron chi connectivity index (χ1n) is 6.73. The molecule has 0 radical (unpaired) electrons. The maximum absolute atomic E-state index is 11.7. The van der Waals surface area contributed by atoms with Gasteiger partial charge in [0, 0.05) is 25.7 Å². The highest BCUT2D eigenvalue weighted by atomic mass is 16.2. The van der Waals surface area contributed by atoms with Crippen LogP contribution in [0.1, 0.15) is 12.0 Å². The lowest BCUT2D eigenvalue weighted by Crippen LogP contribution is -2.31. The zero-order valence-corrected chi connectivity index (χ0v) is 11.1. The molecule has 1 aromatic rings. The highest BCUT2D eigenvalue weighted by molar-refractivity contribution is 5.88. The molecular formula is C16H20N2O. The summed E-state index contributed by atoms with van der Waals surface area (Å²) in [6.45, 7) is 3.32. The van der Waals surface area contributed by atoms with E-state index in [0.717, 1.165) is 26.1 Å². The molecule has 1 amide bonds. The first-order chi connectivity index (χ1) is 9.36. The second-order valence-electron chi connectivity index (χ2n) is 4.59. The van der Waals surface area contributed by atoms with Crippen molar-refractivity contribution in [1.82, 2.24) is 10.2 Å². The quantitative estimate of drug-likeness (QED) is 0.791. The molecule has 2 rings (SSSR count). The van der Waals surface area contributed by atoms with Crippen LogP contribution in [0.25, 0.3) is 0 Å². The van der Waals surface area contributed by atoms with Gasteiger partial charge in [-0.2, -0.15) is 0 Å². The number of hydrogen-bond acceptors (Lipinski definition) is 2. The van der Waals surface area contributed by atoms with Crippen molar-refractivity contribution >= 4 is 5.91 Å². The first-order valence-corrected chi connectivity index (χ1v) is 6.73. The van der Waals surface area contributed by atoms with Crippen LogP contribution in [0.2, 0.25) is 0 Å². The molecule has 0 saturated heterocycles. The van der Waals surface area contributed by atoms with Crippen LogP contribution in [0.4, 0.5) is 0 Å². The predicted octanol–water partition coefficient (Wildman–Crippen LogP) is 2.12. The van der Waals surface area contributed by atoms with Crippen molar-refractivity contribution < 1.29 is 4.79 Å². The Labute approximate surface area is 114 Å². The van der Waals surface area contributed by atoms with Gasteiger partial charge in [0.25, 0.3) is 0 Å². The van der Waals surface area contributed by atoms with Gasteiger partial charge in [-0.15, -0.1) is 0 Å². The molecule has 3 nitrogen and oxygen atoms in total. The Hall–Kier alpha value is -1.87. The lowest BCUT2D eigenvalue weighted by atomic mass is 10.2. The number of carbonyl (C=O) groups is 1. The van der Waals surface area contributed by atoms with Crippen LogP contribution in [-0.2, 0) is 11.3 Å². The van der Waals surface area contributed by atoms with Crippen LogP contribution in [0, 0.1) is 0 Å². The summed E-state index contributed by atoms with van der Waals surface area (Å²) in [5.74, 6) is 0.105. The number of allylic oxidation sites excluding steroid dienone is 2. The molecule has 0 fully saturated rings. The average molecular weight is 256 g/mol. The van der Waals surface area contributed by atoms with Crippen molar-refractivity contribution in [1.29, 1.82) is 0 Å². The summed E-state index contributed by atoms with van der Waals surface area (Å²) in [7, 11) is 0.